The van der Waals surface area contributed by atoms with E-state index >= 15 is 0 Å². The van der Waals surface area contributed by atoms with Gasteiger partial charge in [0.05, 0.1) is 11.9 Å². The van der Waals surface area contributed by atoms with Crippen molar-refractivity contribution in [1.82, 2.24) is 19.7 Å². The Bertz CT molecular complexity index is 468. The standard InChI is InChI=1S/C10H12ClN5/c1-16-5-4-13-10(16)2-3-12-8-6-9(11)15-14-7-8/h4-7H,2-3H2,1H3,(H,12,15). The molecule has 16 heavy (non-hydrogen) atoms. The number of aromatic nitrogens is 4. The molecular weight excluding hydrogens is 226 g/mol. The monoisotopic (exact) mass is 237 g/mol. The summed E-state index contributed by atoms with van der Waals surface area (Å²) in [5, 5.41) is 11.0. The third kappa shape index (κ3) is 2.70. The first-order valence-electron chi connectivity index (χ1n) is 4.94. The van der Waals surface area contributed by atoms with Gasteiger partial charge in [-0.15, -0.1) is 5.10 Å². The lowest BCUT2D eigenvalue weighted by molar-refractivity contribution is 0.789. The van der Waals surface area contributed by atoms with Crippen LogP contribution in [0.25, 0.3) is 0 Å². The Morgan fingerprint density at radius 3 is 3.06 bits per heavy atom. The van der Waals surface area contributed by atoms with Gasteiger partial charge in [0.15, 0.2) is 5.15 Å². The van der Waals surface area contributed by atoms with Gasteiger partial charge in [-0.1, -0.05) is 11.6 Å². The second kappa shape index (κ2) is 4.94. The van der Waals surface area contributed by atoms with Crippen LogP contribution < -0.4 is 5.32 Å². The Kier molecular flexibility index (Phi) is 3.36. The smallest absolute Gasteiger partial charge is 0.153 e. The van der Waals surface area contributed by atoms with Gasteiger partial charge in [-0.05, 0) is 0 Å². The highest BCUT2D eigenvalue weighted by atomic mass is 35.5. The van der Waals surface area contributed by atoms with Crippen molar-refractivity contribution in [1.29, 1.82) is 0 Å². The van der Waals surface area contributed by atoms with Crippen LogP contribution >= 0.6 is 11.6 Å². The highest BCUT2D eigenvalue weighted by Gasteiger charge is 1.99. The zero-order valence-electron chi connectivity index (χ0n) is 8.89. The molecule has 0 saturated carbocycles. The number of hydrogen-bond acceptors (Lipinski definition) is 4. The third-order valence-corrected chi connectivity index (χ3v) is 2.41. The number of halogens is 1. The van der Waals surface area contributed by atoms with E-state index in [4.69, 9.17) is 11.6 Å². The van der Waals surface area contributed by atoms with Crippen LogP contribution in [-0.4, -0.2) is 26.3 Å². The molecule has 0 aliphatic heterocycles. The predicted octanol–water partition coefficient (Wildman–Crippen LogP) is 1.52. The quantitative estimate of drug-likeness (QED) is 0.876. The fourth-order valence-electron chi connectivity index (χ4n) is 1.39. The molecule has 0 aliphatic rings. The van der Waals surface area contributed by atoms with Gasteiger partial charge in [0.2, 0.25) is 0 Å². The van der Waals surface area contributed by atoms with Crippen LogP contribution in [0.3, 0.4) is 0 Å². The molecule has 0 aliphatic carbocycles. The maximum Gasteiger partial charge on any atom is 0.153 e. The summed E-state index contributed by atoms with van der Waals surface area (Å²) in [4.78, 5) is 4.23. The van der Waals surface area contributed by atoms with E-state index in [9.17, 15) is 0 Å². The summed E-state index contributed by atoms with van der Waals surface area (Å²) in [6.45, 7) is 0.785. The number of imidazole rings is 1. The molecule has 0 saturated heterocycles. The molecule has 0 amide bonds. The van der Waals surface area contributed by atoms with Crippen molar-refractivity contribution >= 4 is 17.3 Å². The van der Waals surface area contributed by atoms with Crippen LogP contribution in [0.15, 0.2) is 24.7 Å². The molecule has 1 N–H and O–H groups in total. The first kappa shape index (κ1) is 10.9. The van der Waals surface area contributed by atoms with Gasteiger partial charge < -0.3 is 9.88 Å². The van der Waals surface area contributed by atoms with E-state index in [0.717, 1.165) is 24.5 Å². The highest BCUT2D eigenvalue weighted by Crippen LogP contribution is 2.09. The molecule has 2 aromatic rings. The summed E-state index contributed by atoms with van der Waals surface area (Å²) in [6.07, 6.45) is 6.22. The summed E-state index contributed by atoms with van der Waals surface area (Å²) < 4.78 is 2.00. The highest BCUT2D eigenvalue weighted by molar-refractivity contribution is 6.29. The molecule has 0 fully saturated rings. The van der Waals surface area contributed by atoms with E-state index in [-0.39, 0.29) is 0 Å². The summed E-state index contributed by atoms with van der Waals surface area (Å²) >= 11 is 5.72. The van der Waals surface area contributed by atoms with Crippen LogP contribution in [0.5, 0.6) is 0 Å². The second-order valence-corrected chi connectivity index (χ2v) is 3.79. The van der Waals surface area contributed by atoms with Crippen molar-refractivity contribution in [3.05, 3.63) is 35.6 Å². The molecule has 0 spiro atoms. The molecule has 0 atom stereocenters. The minimum Gasteiger partial charge on any atom is -0.383 e. The van der Waals surface area contributed by atoms with Crippen molar-refractivity contribution in [2.24, 2.45) is 7.05 Å². The SMILES string of the molecule is Cn1ccnc1CCNc1cnnc(Cl)c1. The molecular formula is C10H12ClN5. The number of aryl methyl sites for hydroxylation is 1. The number of nitrogens with one attached hydrogen (secondary N) is 1. The molecule has 84 valence electrons. The Hall–Kier alpha value is -1.62. The molecule has 2 heterocycles. The zero-order valence-corrected chi connectivity index (χ0v) is 9.65. The van der Waals surface area contributed by atoms with Gasteiger partial charge in [-0.3, -0.25) is 0 Å². The van der Waals surface area contributed by atoms with Crippen molar-refractivity contribution in [3.8, 4) is 0 Å². The van der Waals surface area contributed by atoms with E-state index in [1.54, 1.807) is 18.5 Å². The van der Waals surface area contributed by atoms with Crippen LogP contribution in [0.4, 0.5) is 5.69 Å². The fraction of sp³-hybridized carbons (Fsp3) is 0.300. The number of nitrogens with zero attached hydrogens (tertiary/aromatic N) is 4. The summed E-state index contributed by atoms with van der Waals surface area (Å²) in [5.41, 5.74) is 0.870. The second-order valence-electron chi connectivity index (χ2n) is 3.40. The Balaban J connectivity index is 1.87. The predicted molar refractivity (Wildman–Crippen MR) is 62.4 cm³/mol. The van der Waals surface area contributed by atoms with Gasteiger partial charge in [-0.25, -0.2) is 4.98 Å². The fourth-order valence-corrected chi connectivity index (χ4v) is 1.55. The lowest BCUT2D eigenvalue weighted by Gasteiger charge is -2.05. The van der Waals surface area contributed by atoms with Gasteiger partial charge in [-0.2, -0.15) is 5.10 Å². The Morgan fingerprint density at radius 2 is 2.38 bits per heavy atom. The normalized spacial score (nSPS) is 10.4. The van der Waals surface area contributed by atoms with E-state index in [0.29, 0.717) is 5.15 Å². The minimum atomic E-state index is 0.391. The maximum absolute atomic E-state index is 5.72. The lowest BCUT2D eigenvalue weighted by Crippen LogP contribution is -2.08. The minimum absolute atomic E-state index is 0.391. The third-order valence-electron chi connectivity index (χ3n) is 2.22. The molecule has 6 heteroatoms. The largest absolute Gasteiger partial charge is 0.383 e. The zero-order chi connectivity index (χ0) is 11.4. The Labute approximate surface area is 98.5 Å². The van der Waals surface area contributed by atoms with Crippen molar-refractivity contribution in [2.75, 3.05) is 11.9 Å². The van der Waals surface area contributed by atoms with Crippen molar-refractivity contribution in [2.45, 2.75) is 6.42 Å². The molecule has 2 rings (SSSR count). The topological polar surface area (TPSA) is 55.6 Å². The summed E-state index contributed by atoms with van der Waals surface area (Å²) in [5.74, 6) is 1.04. The van der Waals surface area contributed by atoms with Crippen molar-refractivity contribution in [3.63, 3.8) is 0 Å². The lowest BCUT2D eigenvalue weighted by atomic mass is 10.3. The molecule has 0 aromatic carbocycles. The maximum atomic E-state index is 5.72. The number of rotatable bonds is 4. The van der Waals surface area contributed by atoms with Gasteiger partial charge in [0, 0.05) is 38.5 Å². The first-order valence-corrected chi connectivity index (χ1v) is 5.32. The Morgan fingerprint density at radius 1 is 1.50 bits per heavy atom. The summed E-state index contributed by atoms with van der Waals surface area (Å²) in [7, 11) is 1.98. The summed E-state index contributed by atoms with van der Waals surface area (Å²) in [6, 6.07) is 1.74. The molecule has 0 radical (unpaired) electrons. The van der Waals surface area contributed by atoms with Crippen LogP contribution in [0.1, 0.15) is 5.82 Å². The number of hydrogen-bond donors (Lipinski definition) is 1. The average Bonchev–Trinajstić information content (AvgIpc) is 2.65. The first-order chi connectivity index (χ1) is 7.75. The van der Waals surface area contributed by atoms with Gasteiger partial charge in [0.1, 0.15) is 5.82 Å². The molecule has 0 bridgehead atoms. The van der Waals surface area contributed by atoms with Gasteiger partial charge in [0.25, 0.3) is 0 Å². The molecule has 5 nitrogen and oxygen atoms in total. The van der Waals surface area contributed by atoms with Crippen LogP contribution in [-0.2, 0) is 13.5 Å². The van der Waals surface area contributed by atoms with Crippen molar-refractivity contribution < 1.29 is 0 Å². The molecule has 2 aromatic heterocycles. The van der Waals surface area contributed by atoms with Crippen LogP contribution in [0.2, 0.25) is 5.15 Å². The van der Waals surface area contributed by atoms with E-state index in [1.165, 1.54) is 0 Å². The molecule has 0 unspecified atom stereocenters. The van der Waals surface area contributed by atoms with Gasteiger partial charge >= 0.3 is 0 Å². The van der Waals surface area contributed by atoms with E-state index < -0.39 is 0 Å². The van der Waals surface area contributed by atoms with E-state index in [2.05, 4.69) is 20.5 Å². The van der Waals surface area contributed by atoms with E-state index in [1.807, 2.05) is 17.8 Å². The van der Waals surface area contributed by atoms with Crippen LogP contribution in [0, 0.1) is 0 Å². The average molecular weight is 238 g/mol. The number of anilines is 1.